The maximum atomic E-state index is 10.3. The van der Waals surface area contributed by atoms with Crippen molar-refractivity contribution in [2.45, 2.75) is 32.3 Å². The summed E-state index contributed by atoms with van der Waals surface area (Å²) in [6, 6.07) is 0. The second kappa shape index (κ2) is 5.11. The lowest BCUT2D eigenvalue weighted by Gasteiger charge is -2.22. The lowest BCUT2D eigenvalue weighted by molar-refractivity contribution is -0.117. The fourth-order valence-electron chi connectivity index (χ4n) is 1.08. The van der Waals surface area contributed by atoms with Gasteiger partial charge in [-0.15, -0.1) is 0 Å². The van der Waals surface area contributed by atoms with Gasteiger partial charge in [-0.05, 0) is 13.3 Å². The van der Waals surface area contributed by atoms with Crippen molar-refractivity contribution < 1.29 is 9.90 Å². The standard InChI is InChI=1S/C8H18N2O2/c1-3-4-8(2,12)6-10-5-7(9)11/h10,12H,3-6H2,1-2H3,(H2,9,11). The Labute approximate surface area is 73.1 Å². The second-order valence-electron chi connectivity index (χ2n) is 3.32. The van der Waals surface area contributed by atoms with E-state index in [1.807, 2.05) is 6.92 Å². The van der Waals surface area contributed by atoms with Crippen LogP contribution in [0, 0.1) is 0 Å². The molecule has 0 saturated carbocycles. The molecule has 12 heavy (non-hydrogen) atoms. The average molecular weight is 174 g/mol. The molecule has 0 aromatic carbocycles. The monoisotopic (exact) mass is 174 g/mol. The highest BCUT2D eigenvalue weighted by Gasteiger charge is 2.17. The van der Waals surface area contributed by atoms with E-state index in [2.05, 4.69) is 5.32 Å². The molecule has 4 N–H and O–H groups in total. The zero-order chi connectivity index (χ0) is 9.61. The van der Waals surface area contributed by atoms with E-state index in [-0.39, 0.29) is 6.54 Å². The van der Waals surface area contributed by atoms with E-state index in [0.29, 0.717) is 6.54 Å². The van der Waals surface area contributed by atoms with Crippen molar-refractivity contribution in [1.29, 1.82) is 0 Å². The Morgan fingerprint density at radius 1 is 1.67 bits per heavy atom. The summed E-state index contributed by atoms with van der Waals surface area (Å²) in [5.41, 5.74) is 4.18. The summed E-state index contributed by atoms with van der Waals surface area (Å²) in [4.78, 5) is 10.3. The molecule has 1 atom stereocenters. The molecule has 0 rings (SSSR count). The molecule has 0 aliphatic heterocycles. The van der Waals surface area contributed by atoms with Gasteiger partial charge < -0.3 is 16.2 Å². The van der Waals surface area contributed by atoms with E-state index in [4.69, 9.17) is 5.73 Å². The molecule has 0 aliphatic rings. The van der Waals surface area contributed by atoms with E-state index in [1.165, 1.54) is 0 Å². The zero-order valence-electron chi connectivity index (χ0n) is 7.76. The molecule has 4 heteroatoms. The van der Waals surface area contributed by atoms with Gasteiger partial charge in [0.25, 0.3) is 0 Å². The van der Waals surface area contributed by atoms with E-state index < -0.39 is 11.5 Å². The minimum Gasteiger partial charge on any atom is -0.389 e. The van der Waals surface area contributed by atoms with Crippen molar-refractivity contribution in [3.8, 4) is 0 Å². The normalized spacial score (nSPS) is 15.6. The highest BCUT2D eigenvalue weighted by molar-refractivity contribution is 5.75. The highest BCUT2D eigenvalue weighted by Crippen LogP contribution is 2.09. The molecule has 0 heterocycles. The summed E-state index contributed by atoms with van der Waals surface area (Å²) >= 11 is 0. The lowest BCUT2D eigenvalue weighted by Crippen LogP contribution is -2.41. The molecule has 0 aromatic heterocycles. The van der Waals surface area contributed by atoms with Gasteiger partial charge in [0.1, 0.15) is 0 Å². The molecular formula is C8H18N2O2. The van der Waals surface area contributed by atoms with Gasteiger partial charge >= 0.3 is 0 Å². The summed E-state index contributed by atoms with van der Waals surface area (Å²) in [6.45, 7) is 4.27. The van der Waals surface area contributed by atoms with E-state index in [9.17, 15) is 9.90 Å². The number of aliphatic hydroxyl groups is 1. The summed E-state index contributed by atoms with van der Waals surface area (Å²) in [5.74, 6) is -0.401. The quantitative estimate of drug-likeness (QED) is 0.513. The number of carbonyl (C=O) groups is 1. The van der Waals surface area contributed by atoms with Crippen molar-refractivity contribution in [2.75, 3.05) is 13.1 Å². The van der Waals surface area contributed by atoms with Crippen LogP contribution < -0.4 is 11.1 Å². The Hall–Kier alpha value is -0.610. The van der Waals surface area contributed by atoms with E-state index in [0.717, 1.165) is 12.8 Å². The Balaban J connectivity index is 3.53. The van der Waals surface area contributed by atoms with Gasteiger partial charge in [-0.25, -0.2) is 0 Å². The van der Waals surface area contributed by atoms with E-state index in [1.54, 1.807) is 6.92 Å². The molecule has 0 fully saturated rings. The molecule has 4 nitrogen and oxygen atoms in total. The minimum atomic E-state index is -0.732. The predicted octanol–water partition coefficient (Wildman–Crippen LogP) is -0.388. The fourth-order valence-corrected chi connectivity index (χ4v) is 1.08. The molecule has 0 aromatic rings. The van der Waals surface area contributed by atoms with Gasteiger partial charge in [-0.1, -0.05) is 13.3 Å². The summed E-state index contributed by atoms with van der Waals surface area (Å²) in [6.07, 6.45) is 1.64. The van der Waals surface area contributed by atoms with Crippen LogP contribution in [0.25, 0.3) is 0 Å². The Kier molecular flexibility index (Phi) is 4.85. The van der Waals surface area contributed by atoms with Crippen LogP contribution in [0.4, 0.5) is 0 Å². The Morgan fingerprint density at radius 3 is 2.67 bits per heavy atom. The number of carbonyl (C=O) groups excluding carboxylic acids is 1. The Bertz CT molecular complexity index is 146. The van der Waals surface area contributed by atoms with Crippen molar-refractivity contribution in [3.05, 3.63) is 0 Å². The first-order valence-electron chi connectivity index (χ1n) is 4.19. The molecule has 1 unspecified atom stereocenters. The SMILES string of the molecule is CCCC(C)(O)CNCC(N)=O. The molecule has 0 spiro atoms. The maximum Gasteiger partial charge on any atom is 0.231 e. The van der Waals surface area contributed by atoms with Crippen molar-refractivity contribution >= 4 is 5.91 Å². The second-order valence-corrected chi connectivity index (χ2v) is 3.32. The van der Waals surface area contributed by atoms with Gasteiger partial charge in [0.15, 0.2) is 0 Å². The van der Waals surface area contributed by atoms with Crippen LogP contribution in [-0.4, -0.2) is 29.7 Å². The molecule has 72 valence electrons. The molecule has 1 amide bonds. The van der Waals surface area contributed by atoms with Crippen LogP contribution in [0.1, 0.15) is 26.7 Å². The summed E-state index contributed by atoms with van der Waals surface area (Å²) < 4.78 is 0. The van der Waals surface area contributed by atoms with Crippen LogP contribution in [0.5, 0.6) is 0 Å². The lowest BCUT2D eigenvalue weighted by atomic mass is 10.0. The van der Waals surface area contributed by atoms with Crippen LogP contribution in [0.3, 0.4) is 0 Å². The number of primary amides is 1. The van der Waals surface area contributed by atoms with Crippen LogP contribution >= 0.6 is 0 Å². The van der Waals surface area contributed by atoms with Crippen LogP contribution in [0.2, 0.25) is 0 Å². The number of rotatable bonds is 6. The first kappa shape index (κ1) is 11.4. The van der Waals surface area contributed by atoms with Gasteiger partial charge in [0.2, 0.25) is 5.91 Å². The van der Waals surface area contributed by atoms with Gasteiger partial charge in [-0.3, -0.25) is 4.79 Å². The first-order valence-corrected chi connectivity index (χ1v) is 4.19. The highest BCUT2D eigenvalue weighted by atomic mass is 16.3. The topological polar surface area (TPSA) is 75.3 Å². The van der Waals surface area contributed by atoms with Crippen LogP contribution in [-0.2, 0) is 4.79 Å². The Morgan fingerprint density at radius 2 is 2.25 bits per heavy atom. The van der Waals surface area contributed by atoms with Crippen molar-refractivity contribution in [1.82, 2.24) is 5.32 Å². The van der Waals surface area contributed by atoms with Gasteiger partial charge in [-0.2, -0.15) is 0 Å². The van der Waals surface area contributed by atoms with E-state index >= 15 is 0 Å². The number of amides is 1. The third-order valence-electron chi connectivity index (χ3n) is 1.59. The fraction of sp³-hybridized carbons (Fsp3) is 0.875. The van der Waals surface area contributed by atoms with Gasteiger partial charge in [0, 0.05) is 6.54 Å². The van der Waals surface area contributed by atoms with Crippen LogP contribution in [0.15, 0.2) is 0 Å². The number of hydrogen-bond acceptors (Lipinski definition) is 3. The number of hydrogen-bond donors (Lipinski definition) is 3. The zero-order valence-corrected chi connectivity index (χ0v) is 7.76. The smallest absolute Gasteiger partial charge is 0.231 e. The third-order valence-corrected chi connectivity index (χ3v) is 1.59. The molecule has 0 bridgehead atoms. The maximum absolute atomic E-state index is 10.3. The van der Waals surface area contributed by atoms with Crippen molar-refractivity contribution in [3.63, 3.8) is 0 Å². The third kappa shape index (κ3) is 6.12. The average Bonchev–Trinajstić information content (AvgIpc) is 1.85. The number of nitrogens with one attached hydrogen (secondary N) is 1. The number of nitrogens with two attached hydrogens (primary N) is 1. The molecule has 0 saturated heterocycles. The molecule has 0 aliphatic carbocycles. The summed E-state index contributed by atoms with van der Waals surface area (Å²) in [5, 5.41) is 12.4. The van der Waals surface area contributed by atoms with Crippen molar-refractivity contribution in [2.24, 2.45) is 5.73 Å². The first-order chi connectivity index (χ1) is 5.48. The van der Waals surface area contributed by atoms with Gasteiger partial charge in [0.05, 0.1) is 12.1 Å². The summed E-state index contributed by atoms with van der Waals surface area (Å²) in [7, 11) is 0. The molecule has 0 radical (unpaired) electrons. The minimum absolute atomic E-state index is 0.125. The largest absolute Gasteiger partial charge is 0.389 e. The predicted molar refractivity (Wildman–Crippen MR) is 47.6 cm³/mol. The molecular weight excluding hydrogens is 156 g/mol.